The minimum atomic E-state index is 0.904. The Morgan fingerprint density at radius 3 is 2.60 bits per heavy atom. The highest BCUT2D eigenvalue weighted by molar-refractivity contribution is 5.79. The maximum atomic E-state index is 4.52. The highest BCUT2D eigenvalue weighted by atomic mass is 15.2. The van der Waals surface area contributed by atoms with Crippen molar-refractivity contribution in [1.82, 2.24) is 10.6 Å². The Morgan fingerprint density at radius 1 is 1.33 bits per heavy atom. The molecule has 0 saturated heterocycles. The van der Waals surface area contributed by atoms with Gasteiger partial charge in [-0.15, -0.1) is 0 Å². The first kappa shape index (κ1) is 12.1. The number of hydrogen-bond acceptors (Lipinski definition) is 1. The number of allylic oxidation sites excluding steroid dienone is 1. The molecule has 3 heteroatoms. The molecule has 0 bridgehead atoms. The molecule has 0 amide bonds. The Labute approximate surface area is 93.1 Å². The molecule has 0 radical (unpaired) electrons. The molecular formula is C12H23N3. The van der Waals surface area contributed by atoms with Crippen molar-refractivity contribution in [3.05, 3.63) is 11.6 Å². The van der Waals surface area contributed by atoms with Crippen LogP contribution in [0.5, 0.6) is 0 Å². The molecule has 0 unspecified atom stereocenters. The summed E-state index contributed by atoms with van der Waals surface area (Å²) in [5, 5.41) is 6.46. The number of nitrogens with one attached hydrogen (secondary N) is 2. The van der Waals surface area contributed by atoms with E-state index in [9.17, 15) is 0 Å². The Balaban J connectivity index is 2.25. The Hall–Kier alpha value is -0.990. The van der Waals surface area contributed by atoms with Crippen LogP contribution in [0.15, 0.2) is 16.6 Å². The fourth-order valence-electron chi connectivity index (χ4n) is 1.78. The van der Waals surface area contributed by atoms with Gasteiger partial charge in [0.1, 0.15) is 0 Å². The van der Waals surface area contributed by atoms with Gasteiger partial charge in [0.15, 0.2) is 5.96 Å². The van der Waals surface area contributed by atoms with Crippen LogP contribution in [0.1, 0.15) is 39.5 Å². The number of nitrogens with zero attached hydrogens (tertiary/aromatic N) is 1. The summed E-state index contributed by atoms with van der Waals surface area (Å²) in [5.41, 5.74) is 1.59. The van der Waals surface area contributed by atoms with Crippen molar-refractivity contribution in [3.63, 3.8) is 0 Å². The van der Waals surface area contributed by atoms with E-state index in [2.05, 4.69) is 35.5 Å². The summed E-state index contributed by atoms with van der Waals surface area (Å²) in [6.07, 6.45) is 7.39. The van der Waals surface area contributed by atoms with Crippen molar-refractivity contribution in [2.75, 3.05) is 19.6 Å². The van der Waals surface area contributed by atoms with Gasteiger partial charge in [-0.3, -0.25) is 4.99 Å². The van der Waals surface area contributed by atoms with Gasteiger partial charge in [-0.2, -0.15) is 0 Å². The van der Waals surface area contributed by atoms with E-state index in [1.54, 1.807) is 5.57 Å². The molecule has 0 aliphatic heterocycles. The van der Waals surface area contributed by atoms with Crippen LogP contribution in [0, 0.1) is 0 Å². The van der Waals surface area contributed by atoms with Crippen LogP contribution in [-0.4, -0.2) is 25.6 Å². The van der Waals surface area contributed by atoms with Gasteiger partial charge in [-0.1, -0.05) is 11.6 Å². The highest BCUT2D eigenvalue weighted by Gasteiger charge is 2.03. The third kappa shape index (κ3) is 4.86. The Kier molecular flexibility index (Phi) is 5.90. The summed E-state index contributed by atoms with van der Waals surface area (Å²) in [5.74, 6) is 0.943. The summed E-state index contributed by atoms with van der Waals surface area (Å²) in [4.78, 5) is 4.52. The van der Waals surface area contributed by atoms with Crippen molar-refractivity contribution in [2.45, 2.75) is 39.5 Å². The molecule has 1 aliphatic rings. The lowest BCUT2D eigenvalue weighted by Gasteiger charge is -2.09. The van der Waals surface area contributed by atoms with Crippen LogP contribution in [0.3, 0.4) is 0 Å². The first-order chi connectivity index (χ1) is 7.36. The molecule has 15 heavy (non-hydrogen) atoms. The third-order valence-electron chi connectivity index (χ3n) is 2.53. The molecule has 86 valence electrons. The quantitative estimate of drug-likeness (QED) is 0.413. The zero-order valence-corrected chi connectivity index (χ0v) is 9.97. The van der Waals surface area contributed by atoms with Crippen molar-refractivity contribution in [1.29, 1.82) is 0 Å². The van der Waals surface area contributed by atoms with Gasteiger partial charge in [0.05, 0.1) is 0 Å². The van der Waals surface area contributed by atoms with Crippen LogP contribution >= 0.6 is 0 Å². The molecule has 2 N–H and O–H groups in total. The lowest BCUT2D eigenvalue weighted by molar-refractivity contribution is 0.815. The van der Waals surface area contributed by atoms with Crippen molar-refractivity contribution in [2.24, 2.45) is 4.99 Å². The number of rotatable bonds is 5. The van der Waals surface area contributed by atoms with E-state index in [0.29, 0.717) is 0 Å². The summed E-state index contributed by atoms with van der Waals surface area (Å²) in [6.45, 7) is 6.93. The first-order valence-corrected chi connectivity index (χ1v) is 6.07. The average molecular weight is 209 g/mol. The van der Waals surface area contributed by atoms with Crippen molar-refractivity contribution in [3.8, 4) is 0 Å². The summed E-state index contributed by atoms with van der Waals surface area (Å²) in [7, 11) is 0. The van der Waals surface area contributed by atoms with Crippen LogP contribution in [-0.2, 0) is 0 Å². The molecule has 0 heterocycles. The van der Waals surface area contributed by atoms with Gasteiger partial charge < -0.3 is 10.6 Å². The topological polar surface area (TPSA) is 36.4 Å². The van der Waals surface area contributed by atoms with Crippen LogP contribution in [0.2, 0.25) is 0 Å². The minimum Gasteiger partial charge on any atom is -0.357 e. The Morgan fingerprint density at radius 2 is 2.07 bits per heavy atom. The van der Waals surface area contributed by atoms with E-state index in [1.807, 2.05) is 0 Å². The van der Waals surface area contributed by atoms with Crippen molar-refractivity contribution < 1.29 is 0 Å². The zero-order valence-electron chi connectivity index (χ0n) is 9.97. The largest absolute Gasteiger partial charge is 0.357 e. The van der Waals surface area contributed by atoms with Gasteiger partial charge in [0.25, 0.3) is 0 Å². The van der Waals surface area contributed by atoms with Crippen LogP contribution < -0.4 is 10.6 Å². The predicted molar refractivity (Wildman–Crippen MR) is 66.2 cm³/mol. The fraction of sp³-hybridized carbons (Fsp3) is 0.750. The molecule has 0 aromatic heterocycles. The molecule has 0 aromatic carbocycles. The molecule has 0 atom stereocenters. The highest BCUT2D eigenvalue weighted by Crippen LogP contribution is 2.20. The van der Waals surface area contributed by atoms with Gasteiger partial charge in [0, 0.05) is 19.6 Å². The standard InChI is InChI=1S/C12H23N3/c1-3-13-12(14-4-2)15-10-9-11-7-5-6-8-11/h7H,3-6,8-10H2,1-2H3,(H2,13,14,15). The number of hydrogen-bond donors (Lipinski definition) is 2. The maximum Gasteiger partial charge on any atom is 0.191 e. The molecular weight excluding hydrogens is 186 g/mol. The smallest absolute Gasteiger partial charge is 0.191 e. The molecule has 1 rings (SSSR count). The van der Waals surface area contributed by atoms with Gasteiger partial charge in [-0.25, -0.2) is 0 Å². The van der Waals surface area contributed by atoms with Gasteiger partial charge in [-0.05, 0) is 39.5 Å². The molecule has 3 nitrogen and oxygen atoms in total. The molecule has 0 saturated carbocycles. The Bertz CT molecular complexity index is 223. The van der Waals surface area contributed by atoms with E-state index in [4.69, 9.17) is 0 Å². The molecule has 0 aromatic rings. The fourth-order valence-corrected chi connectivity index (χ4v) is 1.78. The summed E-state index contributed by atoms with van der Waals surface area (Å²) >= 11 is 0. The maximum absolute atomic E-state index is 4.52. The van der Waals surface area contributed by atoms with E-state index in [-0.39, 0.29) is 0 Å². The van der Waals surface area contributed by atoms with E-state index >= 15 is 0 Å². The molecule has 0 spiro atoms. The normalized spacial score (nSPS) is 14.7. The lowest BCUT2D eigenvalue weighted by Crippen LogP contribution is -2.37. The SMILES string of the molecule is CCNC(=NCCC1=CCCC1)NCC. The monoisotopic (exact) mass is 209 g/mol. The second-order valence-corrected chi connectivity index (χ2v) is 3.80. The number of guanidine groups is 1. The van der Waals surface area contributed by atoms with E-state index in [0.717, 1.165) is 32.0 Å². The second-order valence-electron chi connectivity index (χ2n) is 3.80. The second kappa shape index (κ2) is 7.32. The number of aliphatic imine (C=N–C) groups is 1. The van der Waals surface area contributed by atoms with E-state index < -0.39 is 0 Å². The van der Waals surface area contributed by atoms with Crippen molar-refractivity contribution >= 4 is 5.96 Å². The first-order valence-electron chi connectivity index (χ1n) is 6.07. The van der Waals surface area contributed by atoms with Gasteiger partial charge >= 0.3 is 0 Å². The van der Waals surface area contributed by atoms with Crippen LogP contribution in [0.4, 0.5) is 0 Å². The minimum absolute atomic E-state index is 0.904. The molecule has 0 fully saturated rings. The average Bonchev–Trinajstić information content (AvgIpc) is 2.71. The predicted octanol–water partition coefficient (Wildman–Crippen LogP) is 2.06. The third-order valence-corrected chi connectivity index (χ3v) is 2.53. The summed E-state index contributed by atoms with van der Waals surface area (Å²) in [6, 6.07) is 0. The lowest BCUT2D eigenvalue weighted by atomic mass is 10.2. The van der Waals surface area contributed by atoms with Gasteiger partial charge in [0.2, 0.25) is 0 Å². The molecule has 1 aliphatic carbocycles. The van der Waals surface area contributed by atoms with Crippen LogP contribution in [0.25, 0.3) is 0 Å². The summed E-state index contributed by atoms with van der Waals surface area (Å²) < 4.78 is 0. The van der Waals surface area contributed by atoms with E-state index in [1.165, 1.54) is 19.3 Å². The zero-order chi connectivity index (χ0) is 10.9.